The third-order valence-electron chi connectivity index (χ3n) is 4.66. The van der Waals surface area contributed by atoms with Gasteiger partial charge in [0.1, 0.15) is 11.8 Å². The molecule has 2 aromatic rings. The second-order valence-electron chi connectivity index (χ2n) is 7.06. The zero-order valence-electron chi connectivity index (χ0n) is 16.8. The van der Waals surface area contributed by atoms with Crippen LogP contribution in [0, 0.1) is 6.92 Å². The average Bonchev–Trinajstić information content (AvgIpc) is 2.72. The molecular weight excluding hydrogens is 408 g/mol. The lowest BCUT2D eigenvalue weighted by atomic mass is 10.0. The van der Waals surface area contributed by atoms with Gasteiger partial charge in [-0.15, -0.1) is 0 Å². The summed E-state index contributed by atoms with van der Waals surface area (Å²) in [7, 11) is -3.88. The Morgan fingerprint density at radius 1 is 1.17 bits per heavy atom. The van der Waals surface area contributed by atoms with Crippen molar-refractivity contribution in [2.45, 2.75) is 37.2 Å². The Bertz CT molecular complexity index is 1020. The fourth-order valence-electron chi connectivity index (χ4n) is 3.06. The molecule has 0 aromatic heterocycles. The Morgan fingerprint density at radius 2 is 1.87 bits per heavy atom. The van der Waals surface area contributed by atoms with Crippen molar-refractivity contribution in [3.63, 3.8) is 0 Å². The number of nitrogens with one attached hydrogen (secondary N) is 2. The van der Waals surface area contributed by atoms with Crippen LogP contribution in [-0.4, -0.2) is 39.5 Å². The highest BCUT2D eigenvalue weighted by Gasteiger charge is 2.25. The molecule has 1 unspecified atom stereocenters. The van der Waals surface area contributed by atoms with Gasteiger partial charge in [-0.1, -0.05) is 35.9 Å². The third-order valence-corrected chi connectivity index (χ3v) is 6.21. The summed E-state index contributed by atoms with van der Waals surface area (Å²) in [5.41, 5.74) is 1.78. The molecule has 0 saturated heterocycles. The molecule has 0 bridgehead atoms. The van der Waals surface area contributed by atoms with E-state index >= 15 is 0 Å². The number of amides is 1. The van der Waals surface area contributed by atoms with Crippen LogP contribution in [0.3, 0.4) is 0 Å². The zero-order chi connectivity index (χ0) is 21.7. The van der Waals surface area contributed by atoms with Crippen LogP contribution in [-0.2, 0) is 24.3 Å². The van der Waals surface area contributed by atoms with Crippen molar-refractivity contribution in [2.75, 3.05) is 13.2 Å². The molecule has 1 heterocycles. The van der Waals surface area contributed by atoms with E-state index in [2.05, 4.69) is 10.0 Å². The lowest BCUT2D eigenvalue weighted by Gasteiger charge is -2.26. The van der Waals surface area contributed by atoms with Crippen LogP contribution in [0.1, 0.15) is 30.5 Å². The quantitative estimate of drug-likeness (QED) is 0.646. The van der Waals surface area contributed by atoms with Crippen LogP contribution in [0.2, 0.25) is 0 Å². The fraction of sp³-hybridized carbons (Fsp3) is 0.333. The van der Waals surface area contributed by atoms with Crippen molar-refractivity contribution in [3.05, 3.63) is 59.7 Å². The minimum Gasteiger partial charge on any atom is -0.493 e. The van der Waals surface area contributed by atoms with Crippen molar-refractivity contribution >= 4 is 21.9 Å². The fourth-order valence-corrected chi connectivity index (χ4v) is 4.25. The van der Waals surface area contributed by atoms with Crippen LogP contribution < -0.4 is 14.8 Å². The van der Waals surface area contributed by atoms with Gasteiger partial charge in [-0.2, -0.15) is 4.72 Å². The highest BCUT2D eigenvalue weighted by molar-refractivity contribution is 7.89. The van der Waals surface area contributed by atoms with Crippen LogP contribution in [0.4, 0.5) is 0 Å². The van der Waals surface area contributed by atoms with Crippen LogP contribution in [0.25, 0.3) is 0 Å². The third kappa shape index (κ3) is 5.37. The number of hydrogen-bond acceptors (Lipinski definition) is 6. The second kappa shape index (κ2) is 9.27. The maximum atomic E-state index is 12.4. The van der Waals surface area contributed by atoms with Crippen molar-refractivity contribution < 1.29 is 27.5 Å². The van der Waals surface area contributed by atoms with E-state index in [1.54, 1.807) is 12.1 Å². The monoisotopic (exact) mass is 432 g/mol. The average molecular weight is 432 g/mol. The van der Waals surface area contributed by atoms with E-state index in [4.69, 9.17) is 9.47 Å². The number of aryl methyl sites for hydroxylation is 1. The number of hydrogen-bond donors (Lipinski definition) is 2. The van der Waals surface area contributed by atoms with E-state index in [1.165, 1.54) is 19.1 Å². The van der Waals surface area contributed by atoms with Gasteiger partial charge in [0.15, 0.2) is 6.61 Å². The molecule has 9 heteroatoms. The Hall–Kier alpha value is -2.91. The van der Waals surface area contributed by atoms with Gasteiger partial charge >= 0.3 is 5.97 Å². The van der Waals surface area contributed by atoms with Crippen molar-refractivity contribution in [3.8, 4) is 5.75 Å². The largest absolute Gasteiger partial charge is 0.493 e. The Balaban J connectivity index is 1.51. The first-order valence-electron chi connectivity index (χ1n) is 9.53. The van der Waals surface area contributed by atoms with Crippen LogP contribution in [0.5, 0.6) is 5.75 Å². The highest BCUT2D eigenvalue weighted by Crippen LogP contribution is 2.31. The minimum absolute atomic E-state index is 0.0451. The van der Waals surface area contributed by atoms with Crippen LogP contribution in [0.15, 0.2) is 53.4 Å². The highest BCUT2D eigenvalue weighted by atomic mass is 32.2. The van der Waals surface area contributed by atoms with E-state index in [1.807, 2.05) is 31.2 Å². The summed E-state index contributed by atoms with van der Waals surface area (Å²) in [4.78, 5) is 24.4. The summed E-state index contributed by atoms with van der Waals surface area (Å²) < 4.78 is 37.5. The first-order chi connectivity index (χ1) is 14.3. The predicted molar refractivity (Wildman–Crippen MR) is 109 cm³/mol. The molecule has 0 radical (unpaired) electrons. The molecule has 8 nitrogen and oxygen atoms in total. The van der Waals surface area contributed by atoms with Gasteiger partial charge in [0.25, 0.3) is 5.91 Å². The molecule has 2 atom stereocenters. The topological polar surface area (TPSA) is 111 Å². The maximum absolute atomic E-state index is 12.4. The molecule has 1 amide bonds. The minimum atomic E-state index is -3.88. The number of fused-ring (bicyclic) bond motifs is 1. The molecule has 0 spiro atoms. The van der Waals surface area contributed by atoms with Crippen molar-refractivity contribution in [1.29, 1.82) is 0 Å². The first kappa shape index (κ1) is 21.8. The number of sulfonamides is 1. The first-order valence-corrected chi connectivity index (χ1v) is 11.0. The van der Waals surface area contributed by atoms with Gasteiger partial charge in [0.2, 0.25) is 10.0 Å². The second-order valence-corrected chi connectivity index (χ2v) is 8.77. The summed E-state index contributed by atoms with van der Waals surface area (Å²) in [5, 5.41) is 2.81. The zero-order valence-corrected chi connectivity index (χ0v) is 17.6. The normalized spacial score (nSPS) is 16.7. The molecule has 30 heavy (non-hydrogen) atoms. The number of esters is 1. The molecule has 3 rings (SSSR count). The smallest absolute Gasteiger partial charge is 0.324 e. The molecule has 0 fully saturated rings. The summed E-state index contributed by atoms with van der Waals surface area (Å²) in [5.74, 6) is -0.600. The van der Waals surface area contributed by atoms with Gasteiger partial charge in [-0.25, -0.2) is 8.42 Å². The Kier molecular flexibility index (Phi) is 6.73. The van der Waals surface area contributed by atoms with Gasteiger partial charge < -0.3 is 14.8 Å². The van der Waals surface area contributed by atoms with Crippen molar-refractivity contribution in [1.82, 2.24) is 10.0 Å². The molecular formula is C21H24N2O6S. The SMILES string of the molecule is Cc1ccc(S(=O)(=O)N[C@@H](C)C(=O)OCC(=O)NC2CCOc3ccccc32)cc1. The number of carbonyl (C=O) groups excluding carboxylic acids is 2. The van der Waals surface area contributed by atoms with E-state index in [-0.39, 0.29) is 10.9 Å². The number of rotatable bonds is 7. The number of ether oxygens (including phenoxy) is 2. The molecule has 160 valence electrons. The molecule has 0 aliphatic carbocycles. The number of benzene rings is 2. The van der Waals surface area contributed by atoms with Crippen molar-refractivity contribution in [2.24, 2.45) is 0 Å². The van der Waals surface area contributed by atoms with E-state index in [0.29, 0.717) is 18.8 Å². The van der Waals surface area contributed by atoms with E-state index < -0.39 is 34.5 Å². The Morgan fingerprint density at radius 3 is 2.60 bits per heavy atom. The van der Waals surface area contributed by atoms with E-state index in [0.717, 1.165) is 11.1 Å². The lowest BCUT2D eigenvalue weighted by molar-refractivity contribution is -0.150. The number of para-hydroxylation sites is 1. The summed E-state index contributed by atoms with van der Waals surface area (Å²) in [6.07, 6.45) is 0.601. The van der Waals surface area contributed by atoms with Crippen LogP contribution >= 0.6 is 0 Å². The maximum Gasteiger partial charge on any atom is 0.324 e. The van der Waals surface area contributed by atoms with Gasteiger partial charge in [-0.3, -0.25) is 9.59 Å². The number of carbonyl (C=O) groups is 2. The summed E-state index contributed by atoms with van der Waals surface area (Å²) in [6.45, 7) is 3.17. The van der Waals surface area contributed by atoms with E-state index in [9.17, 15) is 18.0 Å². The van der Waals surface area contributed by atoms with Gasteiger partial charge in [-0.05, 0) is 32.0 Å². The summed E-state index contributed by atoms with van der Waals surface area (Å²) in [6, 6.07) is 12.3. The molecule has 2 N–H and O–H groups in total. The predicted octanol–water partition coefficient (Wildman–Crippen LogP) is 1.85. The Labute approximate surface area is 175 Å². The molecule has 2 aromatic carbocycles. The molecule has 0 saturated carbocycles. The van der Waals surface area contributed by atoms with Gasteiger partial charge in [0, 0.05) is 12.0 Å². The lowest BCUT2D eigenvalue weighted by Crippen LogP contribution is -2.41. The summed E-state index contributed by atoms with van der Waals surface area (Å²) >= 11 is 0. The standard InChI is InChI=1S/C21H24N2O6S/c1-14-7-9-16(10-8-14)30(26,27)23-15(2)21(25)29-13-20(24)22-18-11-12-28-19-6-4-3-5-17(18)19/h3-10,15,18,23H,11-13H2,1-2H3,(H,22,24)/t15-,18?/m0/s1. The molecule has 1 aliphatic rings. The van der Waals surface area contributed by atoms with Gasteiger partial charge in [0.05, 0.1) is 17.5 Å². The molecule has 1 aliphatic heterocycles.